The van der Waals surface area contributed by atoms with Crippen molar-refractivity contribution in [3.63, 3.8) is 0 Å². The first-order chi connectivity index (χ1) is 3.72. The Morgan fingerprint density at radius 2 is 1.25 bits per heavy atom. The minimum atomic E-state index is -0.568. The first-order valence-corrected chi connectivity index (χ1v) is 2.93. The van der Waals surface area contributed by atoms with Crippen molar-refractivity contribution < 1.29 is 9.47 Å². The van der Waals surface area contributed by atoms with Crippen LogP contribution in [0.3, 0.4) is 0 Å². The van der Waals surface area contributed by atoms with Gasteiger partial charge in [0.25, 0.3) is 0 Å². The highest BCUT2D eigenvalue weighted by atomic mass is 35.5. The van der Waals surface area contributed by atoms with E-state index in [1.165, 1.54) is 14.2 Å². The highest BCUT2D eigenvalue weighted by molar-refractivity contribution is 6.28. The molecule has 0 saturated heterocycles. The van der Waals surface area contributed by atoms with E-state index in [-0.39, 0.29) is 0 Å². The number of alkyl halides is 2. The van der Waals surface area contributed by atoms with Gasteiger partial charge in [0, 0.05) is 14.2 Å². The lowest BCUT2D eigenvalue weighted by Crippen LogP contribution is -2.18. The zero-order valence-electron chi connectivity index (χ0n) is 4.73. The molecule has 0 bridgehead atoms. The molecule has 8 heavy (non-hydrogen) atoms. The van der Waals surface area contributed by atoms with Crippen molar-refractivity contribution in [3.8, 4) is 0 Å². The normalized spacial score (nSPS) is 18.0. The lowest BCUT2D eigenvalue weighted by atomic mass is 10.7. The Kier molecular flexibility index (Phi) is 4.66. The minimum Gasteiger partial charge on any atom is -0.362 e. The van der Waals surface area contributed by atoms with Gasteiger partial charge in [-0.25, -0.2) is 0 Å². The molecule has 0 radical (unpaired) electrons. The minimum absolute atomic E-state index is 0.568. The maximum Gasteiger partial charge on any atom is 0.170 e. The molecule has 0 unspecified atom stereocenters. The Labute approximate surface area is 58.7 Å². The third-order valence-corrected chi connectivity index (χ3v) is 1.60. The monoisotopic (exact) mass is 158 g/mol. The summed E-state index contributed by atoms with van der Waals surface area (Å²) in [7, 11) is 2.93. The van der Waals surface area contributed by atoms with Crippen molar-refractivity contribution in [2.45, 2.75) is 11.1 Å². The molecule has 0 fully saturated rings. The van der Waals surface area contributed by atoms with Crippen LogP contribution in [0.25, 0.3) is 0 Å². The molecular weight excluding hydrogens is 151 g/mol. The molecule has 2 nitrogen and oxygen atoms in total. The Morgan fingerprint density at radius 3 is 1.38 bits per heavy atom. The summed E-state index contributed by atoms with van der Waals surface area (Å²) in [5, 5.41) is 0. The summed E-state index contributed by atoms with van der Waals surface area (Å²) in [6.45, 7) is 0. The molecule has 0 aromatic carbocycles. The molecule has 0 N–H and O–H groups in total. The second kappa shape index (κ2) is 4.39. The molecule has 0 aliphatic heterocycles. The standard InChI is InChI=1S/C4H8Cl2O2/c1-7-3(5)4(6)8-2/h3-4H,1-2H3/t3-,4-/m0/s1. The van der Waals surface area contributed by atoms with Crippen LogP contribution in [-0.4, -0.2) is 25.3 Å². The maximum absolute atomic E-state index is 5.44. The van der Waals surface area contributed by atoms with Crippen LogP contribution >= 0.6 is 23.2 Å². The van der Waals surface area contributed by atoms with Gasteiger partial charge in [0.15, 0.2) is 11.1 Å². The van der Waals surface area contributed by atoms with Crippen LogP contribution in [0.15, 0.2) is 0 Å². The van der Waals surface area contributed by atoms with Crippen LogP contribution in [0, 0.1) is 0 Å². The van der Waals surface area contributed by atoms with Crippen LogP contribution in [0.4, 0.5) is 0 Å². The highest BCUT2D eigenvalue weighted by Crippen LogP contribution is 2.09. The van der Waals surface area contributed by atoms with Crippen LogP contribution in [0.5, 0.6) is 0 Å². The average Bonchev–Trinajstić information content (AvgIpc) is 1.84. The van der Waals surface area contributed by atoms with Gasteiger partial charge in [0.05, 0.1) is 0 Å². The zero-order chi connectivity index (χ0) is 6.57. The predicted molar refractivity (Wildman–Crippen MR) is 33.3 cm³/mol. The molecular formula is C4H8Cl2O2. The first kappa shape index (κ1) is 8.50. The molecule has 0 heterocycles. The number of ether oxygens (including phenoxy) is 2. The van der Waals surface area contributed by atoms with Crippen molar-refractivity contribution >= 4 is 23.2 Å². The van der Waals surface area contributed by atoms with E-state index in [1.807, 2.05) is 0 Å². The van der Waals surface area contributed by atoms with Gasteiger partial charge in [-0.3, -0.25) is 0 Å². The molecule has 0 aromatic heterocycles. The highest BCUT2D eigenvalue weighted by Gasteiger charge is 2.13. The van der Waals surface area contributed by atoms with Gasteiger partial charge in [-0.2, -0.15) is 0 Å². The van der Waals surface area contributed by atoms with Crippen molar-refractivity contribution in [2.24, 2.45) is 0 Å². The van der Waals surface area contributed by atoms with Crippen molar-refractivity contribution in [1.82, 2.24) is 0 Å². The lowest BCUT2D eigenvalue weighted by Gasteiger charge is -2.11. The van der Waals surface area contributed by atoms with Gasteiger partial charge in [0.1, 0.15) is 0 Å². The smallest absolute Gasteiger partial charge is 0.170 e. The summed E-state index contributed by atoms with van der Waals surface area (Å²) >= 11 is 10.9. The molecule has 2 atom stereocenters. The maximum atomic E-state index is 5.44. The van der Waals surface area contributed by atoms with Crippen molar-refractivity contribution in [2.75, 3.05) is 14.2 Å². The van der Waals surface area contributed by atoms with E-state index in [9.17, 15) is 0 Å². The summed E-state index contributed by atoms with van der Waals surface area (Å²) in [6, 6.07) is 0. The summed E-state index contributed by atoms with van der Waals surface area (Å²) in [6.07, 6.45) is 0. The van der Waals surface area contributed by atoms with E-state index in [2.05, 4.69) is 9.47 Å². The molecule has 0 saturated carbocycles. The SMILES string of the molecule is CO[C@H](Cl)[C@@H](Cl)OC. The third-order valence-electron chi connectivity index (χ3n) is 0.656. The predicted octanol–water partition coefficient (Wildman–Crippen LogP) is 1.41. The third kappa shape index (κ3) is 2.72. The number of hydrogen-bond donors (Lipinski definition) is 0. The Bertz CT molecular complexity index is 52.0. The van der Waals surface area contributed by atoms with Crippen LogP contribution in [0.2, 0.25) is 0 Å². The summed E-state index contributed by atoms with van der Waals surface area (Å²) in [5.41, 5.74) is -1.14. The zero-order valence-corrected chi connectivity index (χ0v) is 6.24. The summed E-state index contributed by atoms with van der Waals surface area (Å²) in [5.74, 6) is 0. The Morgan fingerprint density at radius 1 is 1.00 bits per heavy atom. The quantitative estimate of drug-likeness (QED) is 0.579. The average molecular weight is 159 g/mol. The van der Waals surface area contributed by atoms with E-state index in [1.54, 1.807) is 0 Å². The van der Waals surface area contributed by atoms with E-state index in [4.69, 9.17) is 23.2 Å². The van der Waals surface area contributed by atoms with Gasteiger partial charge in [-0.05, 0) is 0 Å². The molecule has 0 rings (SSSR count). The number of rotatable bonds is 3. The summed E-state index contributed by atoms with van der Waals surface area (Å²) < 4.78 is 9.22. The number of hydrogen-bond acceptors (Lipinski definition) is 2. The Balaban J connectivity index is 3.29. The molecule has 0 spiro atoms. The Hall–Kier alpha value is 0.500. The summed E-state index contributed by atoms with van der Waals surface area (Å²) in [4.78, 5) is 0. The van der Waals surface area contributed by atoms with E-state index in [0.29, 0.717) is 0 Å². The van der Waals surface area contributed by atoms with Crippen LogP contribution < -0.4 is 0 Å². The van der Waals surface area contributed by atoms with Gasteiger partial charge in [-0.15, -0.1) is 0 Å². The first-order valence-electron chi connectivity index (χ1n) is 2.06. The van der Waals surface area contributed by atoms with Crippen LogP contribution in [0.1, 0.15) is 0 Å². The van der Waals surface area contributed by atoms with Crippen molar-refractivity contribution in [3.05, 3.63) is 0 Å². The van der Waals surface area contributed by atoms with Gasteiger partial charge < -0.3 is 9.47 Å². The molecule has 0 aliphatic carbocycles. The molecule has 0 aliphatic rings. The topological polar surface area (TPSA) is 18.5 Å². The number of halogens is 2. The second-order valence-electron chi connectivity index (χ2n) is 1.17. The molecule has 0 amide bonds. The van der Waals surface area contributed by atoms with E-state index >= 15 is 0 Å². The van der Waals surface area contributed by atoms with E-state index < -0.39 is 11.1 Å². The molecule has 50 valence electrons. The number of methoxy groups -OCH3 is 2. The van der Waals surface area contributed by atoms with Gasteiger partial charge in [0.2, 0.25) is 0 Å². The van der Waals surface area contributed by atoms with E-state index in [0.717, 1.165) is 0 Å². The van der Waals surface area contributed by atoms with Gasteiger partial charge >= 0.3 is 0 Å². The molecule has 0 aromatic rings. The van der Waals surface area contributed by atoms with Gasteiger partial charge in [-0.1, -0.05) is 23.2 Å². The fourth-order valence-corrected chi connectivity index (χ4v) is 0.420. The fraction of sp³-hybridized carbons (Fsp3) is 1.00. The fourth-order valence-electron chi connectivity index (χ4n) is 0.214. The second-order valence-corrected chi connectivity index (χ2v) is 2.03. The largest absolute Gasteiger partial charge is 0.362 e. The lowest BCUT2D eigenvalue weighted by molar-refractivity contribution is 0.0521. The molecule has 4 heteroatoms. The van der Waals surface area contributed by atoms with Crippen molar-refractivity contribution in [1.29, 1.82) is 0 Å². The van der Waals surface area contributed by atoms with Crippen LogP contribution in [-0.2, 0) is 9.47 Å².